The lowest BCUT2D eigenvalue weighted by atomic mass is 10.4. The third-order valence-corrected chi connectivity index (χ3v) is 4.55. The summed E-state index contributed by atoms with van der Waals surface area (Å²) in [5.74, 6) is -3.09. The Morgan fingerprint density at radius 2 is 1.34 bits per heavy atom. The molecule has 0 fully saturated rings. The van der Waals surface area contributed by atoms with Gasteiger partial charge in [0.2, 0.25) is 0 Å². The summed E-state index contributed by atoms with van der Waals surface area (Å²) in [5.41, 5.74) is -0.127. The average Bonchev–Trinajstić information content (AvgIpc) is 3.20. The molecule has 0 radical (unpaired) electrons. The number of carbonyl (C=O) groups excluding carboxylic acids is 2. The molecule has 0 unspecified atom stereocenters. The standard InChI is InChI=1S/C6H5NO4S.C6H6O2S.C4H6O3.HNO3/c1-3-4(7(10)11)2-5(12-3)6(8)9;1-4-2-3-5(9-4)6(7)8;1-3(5)7-4(2)6;2-1(3)4/h2H,1H3,(H,8,9);2-3H,1H3,(H,7,8);1-2H3;(H,2,3,4). The van der Waals surface area contributed by atoms with Crippen LogP contribution in [-0.2, 0) is 14.3 Å². The number of nitro groups is 1. The monoisotopic (exact) mass is 494 g/mol. The highest BCUT2D eigenvalue weighted by Gasteiger charge is 2.18. The lowest BCUT2D eigenvalue weighted by Crippen LogP contribution is -2.03. The van der Waals surface area contributed by atoms with Crippen LogP contribution in [0.4, 0.5) is 5.69 Å². The molecule has 2 heterocycles. The van der Waals surface area contributed by atoms with Gasteiger partial charge in [0.15, 0.2) is 0 Å². The molecule has 3 N–H and O–H groups in total. The second-order valence-corrected chi connectivity index (χ2v) is 7.70. The van der Waals surface area contributed by atoms with Crippen molar-refractivity contribution in [1.29, 1.82) is 0 Å². The van der Waals surface area contributed by atoms with Gasteiger partial charge in [0.25, 0.3) is 10.8 Å². The van der Waals surface area contributed by atoms with Crippen LogP contribution in [0.25, 0.3) is 0 Å². The molecule has 0 saturated carbocycles. The minimum atomic E-state index is -1.50. The summed E-state index contributed by atoms with van der Waals surface area (Å²) in [6.45, 7) is 5.77. The molecule has 0 spiro atoms. The van der Waals surface area contributed by atoms with Gasteiger partial charge >= 0.3 is 23.9 Å². The summed E-state index contributed by atoms with van der Waals surface area (Å²) in [6, 6.07) is 4.48. The molecule has 0 aliphatic carbocycles. The van der Waals surface area contributed by atoms with Crippen LogP contribution >= 0.6 is 22.7 Å². The molecule has 2 aromatic heterocycles. The highest BCUT2D eigenvalue weighted by atomic mass is 32.1. The predicted octanol–water partition coefficient (Wildman–Crippen LogP) is 3.17. The van der Waals surface area contributed by atoms with Gasteiger partial charge in [0.1, 0.15) is 9.75 Å². The molecule has 16 heteroatoms. The molecule has 0 amide bonds. The summed E-state index contributed by atoms with van der Waals surface area (Å²) >= 11 is 2.21. The Labute approximate surface area is 187 Å². The quantitative estimate of drug-likeness (QED) is 0.242. The molecule has 0 aliphatic rings. The summed E-state index contributed by atoms with van der Waals surface area (Å²) in [4.78, 5) is 60.1. The van der Waals surface area contributed by atoms with E-state index < -0.39 is 33.9 Å². The highest BCUT2D eigenvalue weighted by molar-refractivity contribution is 7.14. The fraction of sp³-hybridized carbons (Fsp3) is 0.250. The number of thiophene rings is 2. The highest BCUT2D eigenvalue weighted by Crippen LogP contribution is 2.27. The number of rotatable bonds is 3. The van der Waals surface area contributed by atoms with Gasteiger partial charge in [-0.3, -0.25) is 19.7 Å². The van der Waals surface area contributed by atoms with E-state index in [2.05, 4.69) is 4.74 Å². The lowest BCUT2D eigenvalue weighted by molar-refractivity contribution is -0.742. The molecular formula is C16H18N2O12S2. The second-order valence-electron chi connectivity index (χ2n) is 5.15. The molecule has 176 valence electrons. The van der Waals surface area contributed by atoms with E-state index in [0.717, 1.165) is 22.3 Å². The SMILES string of the molecule is CC(=O)OC(C)=O.Cc1ccc(C(=O)O)s1.Cc1sc(C(=O)O)cc1[N+](=O)[O-].O=[N+]([O-])O. The molecular weight excluding hydrogens is 476 g/mol. The molecule has 2 aromatic rings. The Morgan fingerprint density at radius 1 is 0.906 bits per heavy atom. The number of ether oxygens (including phenoxy) is 1. The van der Waals surface area contributed by atoms with E-state index in [-0.39, 0.29) is 10.6 Å². The van der Waals surface area contributed by atoms with Gasteiger partial charge in [-0.25, -0.2) is 9.59 Å². The third kappa shape index (κ3) is 15.0. The topological polar surface area (TPSA) is 224 Å². The van der Waals surface area contributed by atoms with E-state index >= 15 is 0 Å². The second kappa shape index (κ2) is 15.0. The van der Waals surface area contributed by atoms with Crippen LogP contribution in [0.15, 0.2) is 18.2 Å². The predicted molar refractivity (Wildman–Crippen MR) is 110 cm³/mol. The van der Waals surface area contributed by atoms with Crippen LogP contribution in [0, 0.1) is 34.1 Å². The average molecular weight is 494 g/mol. The van der Waals surface area contributed by atoms with Crippen molar-refractivity contribution >= 4 is 52.2 Å². The molecule has 0 aliphatic heterocycles. The molecule has 0 bridgehead atoms. The first-order valence-electron chi connectivity index (χ1n) is 7.88. The molecule has 0 saturated heterocycles. The maximum Gasteiger partial charge on any atom is 0.346 e. The zero-order chi connectivity index (χ0) is 25.6. The summed E-state index contributed by atoms with van der Waals surface area (Å²) in [5, 5.41) is 40.8. The maximum atomic E-state index is 10.4. The van der Waals surface area contributed by atoms with Crippen LogP contribution < -0.4 is 0 Å². The van der Waals surface area contributed by atoms with Crippen LogP contribution in [0.1, 0.15) is 42.9 Å². The molecule has 14 nitrogen and oxygen atoms in total. The third-order valence-electron chi connectivity index (χ3n) is 2.54. The first-order chi connectivity index (χ1) is 14.6. The van der Waals surface area contributed by atoms with E-state index in [0.29, 0.717) is 9.75 Å². The maximum absolute atomic E-state index is 10.4. The summed E-state index contributed by atoms with van der Waals surface area (Å²) in [6.07, 6.45) is 0. The number of hydrogen-bond acceptors (Lipinski definition) is 11. The fourth-order valence-corrected chi connectivity index (χ4v) is 3.04. The number of carboxylic acids is 2. The number of aromatic carboxylic acids is 2. The molecule has 0 atom stereocenters. The Hall–Kier alpha value is -3.92. The summed E-state index contributed by atoms with van der Waals surface area (Å²) in [7, 11) is 0. The summed E-state index contributed by atoms with van der Waals surface area (Å²) < 4.78 is 3.97. The van der Waals surface area contributed by atoms with Gasteiger partial charge in [-0.05, 0) is 26.0 Å². The number of nitrogens with zero attached hydrogens (tertiary/aromatic N) is 2. The normalized spacial score (nSPS) is 8.75. The lowest BCUT2D eigenvalue weighted by Gasteiger charge is -1.87. The fourth-order valence-electron chi connectivity index (χ4n) is 1.51. The van der Waals surface area contributed by atoms with Gasteiger partial charge < -0.3 is 20.2 Å². The van der Waals surface area contributed by atoms with Crippen LogP contribution in [0.5, 0.6) is 0 Å². The minimum absolute atomic E-state index is 0.000741. The van der Waals surface area contributed by atoms with Crippen LogP contribution in [-0.4, -0.2) is 49.3 Å². The number of carboxylic acid groups (broad SMARTS) is 2. The zero-order valence-corrected chi connectivity index (χ0v) is 18.6. The first kappa shape index (κ1) is 30.3. The van der Waals surface area contributed by atoms with Crippen molar-refractivity contribution in [2.24, 2.45) is 0 Å². The van der Waals surface area contributed by atoms with Crippen molar-refractivity contribution in [3.05, 3.63) is 57.9 Å². The van der Waals surface area contributed by atoms with Crippen LogP contribution in [0.2, 0.25) is 0 Å². The van der Waals surface area contributed by atoms with Crippen molar-refractivity contribution in [3.8, 4) is 0 Å². The largest absolute Gasteiger partial charge is 0.477 e. The van der Waals surface area contributed by atoms with Crippen molar-refractivity contribution in [3.63, 3.8) is 0 Å². The Morgan fingerprint density at radius 3 is 1.50 bits per heavy atom. The van der Waals surface area contributed by atoms with E-state index in [1.165, 1.54) is 32.1 Å². The van der Waals surface area contributed by atoms with E-state index in [1.54, 1.807) is 12.1 Å². The van der Waals surface area contributed by atoms with E-state index in [1.807, 2.05) is 6.92 Å². The Kier molecular flexibility index (Phi) is 14.2. The van der Waals surface area contributed by atoms with Crippen molar-refractivity contribution in [1.82, 2.24) is 0 Å². The van der Waals surface area contributed by atoms with Gasteiger partial charge in [-0.1, -0.05) is 0 Å². The minimum Gasteiger partial charge on any atom is -0.477 e. The van der Waals surface area contributed by atoms with E-state index in [4.69, 9.17) is 25.5 Å². The van der Waals surface area contributed by atoms with Gasteiger partial charge in [-0.15, -0.1) is 32.8 Å². The molecule has 2 rings (SSSR count). The molecule has 32 heavy (non-hydrogen) atoms. The number of carbonyl (C=O) groups is 4. The van der Waals surface area contributed by atoms with Crippen molar-refractivity contribution in [2.45, 2.75) is 27.7 Å². The van der Waals surface area contributed by atoms with Gasteiger partial charge in [-0.2, -0.15) is 0 Å². The van der Waals surface area contributed by atoms with E-state index in [9.17, 15) is 29.3 Å². The van der Waals surface area contributed by atoms with Crippen molar-refractivity contribution in [2.75, 3.05) is 0 Å². The smallest absolute Gasteiger partial charge is 0.346 e. The number of esters is 2. The Balaban J connectivity index is 0. The number of hydrogen-bond donors (Lipinski definition) is 3. The van der Waals surface area contributed by atoms with Crippen molar-refractivity contribution < 1.29 is 49.3 Å². The van der Waals surface area contributed by atoms with Gasteiger partial charge in [0, 0.05) is 24.8 Å². The van der Waals surface area contributed by atoms with Crippen LogP contribution in [0.3, 0.4) is 0 Å². The first-order valence-corrected chi connectivity index (χ1v) is 9.51. The van der Waals surface area contributed by atoms with Gasteiger partial charge in [0.05, 0.1) is 9.80 Å². The molecule has 0 aromatic carbocycles. The Bertz CT molecular complexity index is 964. The zero-order valence-electron chi connectivity index (χ0n) is 17.0. The number of aryl methyl sites for hydroxylation is 2.